The highest BCUT2D eigenvalue weighted by Crippen LogP contribution is 2.29. The van der Waals surface area contributed by atoms with Crippen molar-refractivity contribution in [3.63, 3.8) is 0 Å². The number of ether oxygens (including phenoxy) is 2. The van der Waals surface area contributed by atoms with E-state index in [1.807, 2.05) is 31.3 Å². The van der Waals surface area contributed by atoms with Crippen molar-refractivity contribution in [1.29, 1.82) is 0 Å². The highest BCUT2D eigenvalue weighted by atomic mass is 79.9. The highest BCUT2D eigenvalue weighted by Gasteiger charge is 2.38. The Morgan fingerprint density at radius 1 is 1.24 bits per heavy atom. The summed E-state index contributed by atoms with van der Waals surface area (Å²) in [7, 11) is 1.85. The van der Waals surface area contributed by atoms with E-state index in [0.717, 1.165) is 15.7 Å². The maximum absolute atomic E-state index is 11.9. The van der Waals surface area contributed by atoms with Crippen LogP contribution in [0, 0.1) is 0 Å². The van der Waals surface area contributed by atoms with Gasteiger partial charge in [0.15, 0.2) is 5.57 Å². The van der Waals surface area contributed by atoms with Crippen molar-refractivity contribution < 1.29 is 19.1 Å². The lowest BCUT2D eigenvalue weighted by molar-refractivity contribution is -0.222. The summed E-state index contributed by atoms with van der Waals surface area (Å²) in [6.45, 7) is 3.00. The quantitative estimate of drug-likeness (QED) is 0.480. The molecule has 1 aliphatic heterocycles. The lowest BCUT2D eigenvalue weighted by Crippen LogP contribution is -2.42. The zero-order valence-electron chi connectivity index (χ0n) is 13.9. The monoisotopic (exact) mass is 405 g/mol. The summed E-state index contributed by atoms with van der Waals surface area (Å²) in [6, 6.07) is 7.48. The minimum absolute atomic E-state index is 0.188. The lowest BCUT2D eigenvalue weighted by atomic mass is 10.1. The van der Waals surface area contributed by atoms with Gasteiger partial charge in [-0.25, -0.2) is 9.59 Å². The van der Waals surface area contributed by atoms with E-state index in [2.05, 4.69) is 26.3 Å². The average molecular weight is 406 g/mol. The number of carbonyl (C=O) groups excluding carboxylic acids is 2. The van der Waals surface area contributed by atoms with Crippen LogP contribution in [0.2, 0.25) is 0 Å². The summed E-state index contributed by atoms with van der Waals surface area (Å²) in [5.74, 6) is -2.70. The second-order valence-corrected chi connectivity index (χ2v) is 6.78. The number of hydrogen-bond acceptors (Lipinski definition) is 6. The van der Waals surface area contributed by atoms with E-state index in [9.17, 15) is 9.59 Å². The van der Waals surface area contributed by atoms with Gasteiger partial charge < -0.3 is 14.8 Å². The zero-order chi connectivity index (χ0) is 18.2. The minimum atomic E-state index is -1.25. The highest BCUT2D eigenvalue weighted by molar-refractivity contribution is 9.10. The maximum Gasteiger partial charge on any atom is 0.350 e. The molecule has 1 aromatic carbocycles. The fraction of sp³-hybridized carbons (Fsp3) is 0.235. The molecule has 0 spiro atoms. The van der Waals surface area contributed by atoms with E-state index in [1.54, 1.807) is 10.9 Å². The Balaban J connectivity index is 1.84. The number of halogens is 1. The maximum atomic E-state index is 11.9. The Hall–Kier alpha value is -2.61. The van der Waals surface area contributed by atoms with Crippen LogP contribution in [0.4, 0.5) is 5.69 Å². The summed E-state index contributed by atoms with van der Waals surface area (Å²) in [6.07, 6.45) is 3.00. The Morgan fingerprint density at radius 3 is 2.52 bits per heavy atom. The Kier molecular flexibility index (Phi) is 4.38. The fourth-order valence-electron chi connectivity index (χ4n) is 2.43. The number of aryl methyl sites for hydroxylation is 1. The summed E-state index contributed by atoms with van der Waals surface area (Å²) in [5.41, 5.74) is 2.34. The van der Waals surface area contributed by atoms with Gasteiger partial charge in [0.05, 0.1) is 16.4 Å². The largest absolute Gasteiger partial charge is 0.419 e. The van der Waals surface area contributed by atoms with E-state index >= 15 is 0 Å². The second kappa shape index (κ2) is 6.36. The third kappa shape index (κ3) is 3.58. The second-order valence-electron chi connectivity index (χ2n) is 5.93. The average Bonchev–Trinajstić information content (AvgIpc) is 2.84. The van der Waals surface area contributed by atoms with Crippen LogP contribution in [-0.4, -0.2) is 27.5 Å². The van der Waals surface area contributed by atoms with Gasteiger partial charge in [-0.05, 0) is 28.1 Å². The van der Waals surface area contributed by atoms with E-state index in [1.165, 1.54) is 20.0 Å². The summed E-state index contributed by atoms with van der Waals surface area (Å²) in [4.78, 5) is 23.9. The lowest BCUT2D eigenvalue weighted by Gasteiger charge is -2.29. The van der Waals surface area contributed by atoms with Crippen LogP contribution in [0.1, 0.15) is 13.8 Å². The van der Waals surface area contributed by atoms with Crippen molar-refractivity contribution in [2.24, 2.45) is 7.05 Å². The van der Waals surface area contributed by atoms with Gasteiger partial charge in [0, 0.05) is 38.3 Å². The van der Waals surface area contributed by atoms with Crippen LogP contribution < -0.4 is 5.32 Å². The first-order chi connectivity index (χ1) is 11.8. The third-order valence-corrected chi connectivity index (χ3v) is 4.11. The molecule has 1 aliphatic rings. The van der Waals surface area contributed by atoms with Crippen molar-refractivity contribution >= 4 is 33.6 Å². The zero-order valence-corrected chi connectivity index (χ0v) is 15.5. The Labute approximate surface area is 152 Å². The van der Waals surface area contributed by atoms with Gasteiger partial charge in [-0.15, -0.1) is 0 Å². The molecule has 0 radical (unpaired) electrons. The molecule has 1 fully saturated rings. The topological polar surface area (TPSA) is 82.5 Å². The first kappa shape index (κ1) is 17.2. The first-order valence-electron chi connectivity index (χ1n) is 7.48. The molecule has 2 heterocycles. The van der Waals surface area contributed by atoms with Gasteiger partial charge in [0.2, 0.25) is 0 Å². The van der Waals surface area contributed by atoms with Crippen molar-refractivity contribution in [3.05, 3.63) is 46.7 Å². The molecular formula is C17H16BrN3O4. The number of benzene rings is 1. The van der Waals surface area contributed by atoms with E-state index in [-0.39, 0.29) is 5.57 Å². The van der Waals surface area contributed by atoms with Crippen LogP contribution in [0.3, 0.4) is 0 Å². The minimum Gasteiger partial charge on any atom is -0.419 e. The summed E-state index contributed by atoms with van der Waals surface area (Å²) < 4.78 is 12.7. The van der Waals surface area contributed by atoms with Crippen molar-refractivity contribution in [1.82, 2.24) is 9.78 Å². The molecule has 1 saturated heterocycles. The summed E-state index contributed by atoms with van der Waals surface area (Å²) in [5, 5.41) is 7.13. The normalized spacial score (nSPS) is 16.2. The smallest absolute Gasteiger partial charge is 0.350 e. The number of cyclic esters (lactones) is 2. The van der Waals surface area contributed by atoms with Crippen LogP contribution in [0.15, 0.2) is 46.7 Å². The summed E-state index contributed by atoms with van der Waals surface area (Å²) >= 11 is 3.47. The van der Waals surface area contributed by atoms with Crippen molar-refractivity contribution in [3.8, 4) is 11.3 Å². The Morgan fingerprint density at radius 2 is 1.92 bits per heavy atom. The predicted octanol–water partition coefficient (Wildman–Crippen LogP) is 2.98. The molecule has 0 amide bonds. The molecule has 0 saturated carbocycles. The van der Waals surface area contributed by atoms with E-state index < -0.39 is 17.7 Å². The fourth-order valence-corrected chi connectivity index (χ4v) is 3.00. The van der Waals surface area contributed by atoms with Crippen molar-refractivity contribution in [2.45, 2.75) is 19.6 Å². The first-order valence-corrected chi connectivity index (χ1v) is 8.27. The number of nitrogens with zero attached hydrogens (tertiary/aromatic N) is 2. The van der Waals surface area contributed by atoms with Gasteiger partial charge >= 0.3 is 11.9 Å². The number of aromatic nitrogens is 2. The molecule has 7 nitrogen and oxygen atoms in total. The molecule has 0 unspecified atom stereocenters. The van der Waals surface area contributed by atoms with Crippen LogP contribution in [-0.2, 0) is 26.1 Å². The molecule has 0 atom stereocenters. The molecule has 0 aliphatic carbocycles. The van der Waals surface area contributed by atoms with Crippen molar-refractivity contribution in [2.75, 3.05) is 5.32 Å². The molecular weight excluding hydrogens is 390 g/mol. The molecule has 2 aromatic rings. The number of rotatable bonds is 3. The van der Waals surface area contributed by atoms with Gasteiger partial charge in [-0.3, -0.25) is 4.68 Å². The molecule has 1 N–H and O–H groups in total. The number of nitrogens with one attached hydrogen (secondary N) is 1. The molecule has 130 valence electrons. The van der Waals surface area contributed by atoms with Gasteiger partial charge in [-0.2, -0.15) is 5.10 Å². The predicted molar refractivity (Wildman–Crippen MR) is 94.3 cm³/mol. The van der Waals surface area contributed by atoms with Crippen LogP contribution in [0.25, 0.3) is 11.3 Å². The molecule has 0 bridgehead atoms. The molecule has 8 heteroatoms. The standard InChI is InChI=1S/C17H16BrN3O4/c1-17(2)24-15(22)12(16(23)25-17)8-19-11-6-4-5-10(7-11)14-13(18)9-20-21(14)3/h4-9,19H,1-3H3. The molecule has 25 heavy (non-hydrogen) atoms. The SMILES string of the molecule is Cn1ncc(Br)c1-c1cccc(NC=C2C(=O)OC(C)(C)OC2=O)c1. The van der Waals surface area contributed by atoms with E-state index in [0.29, 0.717) is 5.69 Å². The molecule has 1 aromatic heterocycles. The van der Waals surface area contributed by atoms with Crippen LogP contribution >= 0.6 is 15.9 Å². The number of anilines is 1. The molecule has 3 rings (SSSR count). The van der Waals surface area contributed by atoms with Gasteiger partial charge in [0.25, 0.3) is 5.79 Å². The Bertz CT molecular complexity index is 844. The number of carbonyl (C=O) groups is 2. The van der Waals surface area contributed by atoms with Gasteiger partial charge in [0.1, 0.15) is 0 Å². The van der Waals surface area contributed by atoms with Gasteiger partial charge in [-0.1, -0.05) is 12.1 Å². The van der Waals surface area contributed by atoms with Crippen LogP contribution in [0.5, 0.6) is 0 Å². The number of esters is 2. The van der Waals surface area contributed by atoms with E-state index in [4.69, 9.17) is 9.47 Å². The number of hydrogen-bond donors (Lipinski definition) is 1. The third-order valence-electron chi connectivity index (χ3n) is 3.53.